The van der Waals surface area contributed by atoms with Crippen LogP contribution in [0.2, 0.25) is 0 Å². The molecule has 0 heterocycles. The summed E-state index contributed by atoms with van der Waals surface area (Å²) in [4.78, 5) is 133. The molecule has 0 fully saturated rings. The molecule has 0 spiro atoms. The van der Waals surface area contributed by atoms with Crippen molar-refractivity contribution in [2.75, 3.05) is 12.3 Å². The van der Waals surface area contributed by atoms with E-state index in [1.807, 2.05) is 0 Å². The molecule has 8 amide bonds. The topological polar surface area (TPSA) is 432 Å². The number of hydrogen-bond acceptors (Lipinski definition) is 14. The van der Waals surface area contributed by atoms with Crippen LogP contribution in [0.25, 0.3) is 0 Å². The number of guanidine groups is 1. The molecule has 10 unspecified atom stereocenters. The van der Waals surface area contributed by atoms with Crippen molar-refractivity contribution in [3.05, 3.63) is 0 Å². The van der Waals surface area contributed by atoms with Crippen LogP contribution in [0.1, 0.15) is 93.4 Å². The molecule has 0 aromatic carbocycles. The van der Waals surface area contributed by atoms with Crippen molar-refractivity contribution >= 4 is 77.8 Å². The van der Waals surface area contributed by atoms with Crippen molar-refractivity contribution in [3.63, 3.8) is 0 Å². The van der Waals surface area contributed by atoms with Gasteiger partial charge in [-0.1, -0.05) is 48.0 Å². The lowest BCUT2D eigenvalue weighted by Crippen LogP contribution is -2.62. The quantitative estimate of drug-likeness (QED) is 0.0135. The van der Waals surface area contributed by atoms with Crippen LogP contribution in [-0.4, -0.2) is 147 Å². The van der Waals surface area contributed by atoms with E-state index >= 15 is 0 Å². The van der Waals surface area contributed by atoms with Crippen LogP contribution >= 0.6 is 12.6 Å². The summed E-state index contributed by atoms with van der Waals surface area (Å²) in [5, 5.41) is 45.8. The summed E-state index contributed by atoms with van der Waals surface area (Å²) in [5.74, 6) is -12.1. The van der Waals surface area contributed by atoms with Crippen LogP contribution < -0.4 is 60.2 Å². The second kappa shape index (κ2) is 29.6. The number of rotatable bonds is 31. The Labute approximate surface area is 383 Å². The maximum absolute atomic E-state index is 14.0. The van der Waals surface area contributed by atoms with Crippen molar-refractivity contribution < 1.29 is 63.3 Å². The number of aliphatic carboxylic acids is 2. The molecule has 0 saturated carbocycles. The molecular weight excluding hydrogens is 877 g/mol. The Morgan fingerprint density at radius 2 is 1.09 bits per heavy atom. The second-order valence-corrected chi connectivity index (χ2v) is 16.7. The standard InChI is InChI=1S/C39H70N12O13S/c1-8-19(6)29(50-35(60)25(16-65)48-33(58)24(15-27(54)55)46-31(56)21(40)11-12-26(41)53)37(62)45-22(10-9-13-44-39(42)43)32(57)47-23(14-17(2)3)34(59)49-28(18(4)5)36(61)51-30(20(7)52)38(63)64/h17-25,28-30,52,65H,8-16,40H2,1-7H3,(H2,41,53)(H,45,62)(H,46,56)(H,47,57)(H,48,58)(H,49,59)(H,50,60)(H,51,61)(H,54,55)(H,63,64)(H4,42,43,44). The van der Waals surface area contributed by atoms with Gasteiger partial charge in [0.1, 0.15) is 36.3 Å². The predicted molar refractivity (Wildman–Crippen MR) is 239 cm³/mol. The molecule has 0 bridgehead atoms. The molecule has 25 nitrogen and oxygen atoms in total. The Morgan fingerprint density at radius 1 is 0.615 bits per heavy atom. The Morgan fingerprint density at radius 3 is 1.57 bits per heavy atom. The Balaban J connectivity index is 6.54. The van der Waals surface area contributed by atoms with Gasteiger partial charge in [0.2, 0.25) is 47.3 Å². The largest absolute Gasteiger partial charge is 0.481 e. The number of hydrogen-bond donors (Lipinski definition) is 15. The first-order valence-electron chi connectivity index (χ1n) is 21.1. The van der Waals surface area contributed by atoms with Crippen molar-refractivity contribution in [2.45, 2.75) is 148 Å². The Hall–Kier alpha value is -5.76. The molecule has 370 valence electrons. The summed E-state index contributed by atoms with van der Waals surface area (Å²) in [6.45, 7) is 11.2. The molecule has 0 aliphatic carbocycles. The highest BCUT2D eigenvalue weighted by atomic mass is 32.1. The maximum atomic E-state index is 14.0. The first-order valence-corrected chi connectivity index (χ1v) is 21.8. The van der Waals surface area contributed by atoms with Gasteiger partial charge >= 0.3 is 11.9 Å². The van der Waals surface area contributed by atoms with Gasteiger partial charge in [-0.3, -0.25) is 48.1 Å². The number of nitrogens with zero attached hydrogens (tertiary/aromatic N) is 1. The third-order valence-corrected chi connectivity index (χ3v) is 10.2. The number of aliphatic hydroxyl groups is 1. The lowest BCUT2D eigenvalue weighted by molar-refractivity contribution is -0.145. The number of aliphatic imine (C=N–C) groups is 1. The normalized spacial score (nSPS) is 15.8. The minimum absolute atomic E-state index is 0.0321. The molecule has 26 heteroatoms. The summed E-state index contributed by atoms with van der Waals surface area (Å²) < 4.78 is 0. The number of aliphatic hydroxyl groups excluding tert-OH is 1. The lowest BCUT2D eigenvalue weighted by atomic mass is 9.96. The van der Waals surface area contributed by atoms with Gasteiger partial charge in [0.15, 0.2) is 12.0 Å². The van der Waals surface area contributed by atoms with Gasteiger partial charge in [0.05, 0.1) is 18.6 Å². The fourth-order valence-corrected chi connectivity index (χ4v) is 6.20. The number of nitrogens with one attached hydrogen (secondary N) is 7. The van der Waals surface area contributed by atoms with E-state index in [1.54, 1.807) is 41.5 Å². The molecule has 65 heavy (non-hydrogen) atoms. The number of nitrogens with two attached hydrogens (primary N) is 4. The third-order valence-electron chi connectivity index (χ3n) is 9.87. The summed E-state index contributed by atoms with van der Waals surface area (Å²) in [5.41, 5.74) is 21.8. The molecule has 0 aromatic heterocycles. The molecule has 0 radical (unpaired) electrons. The minimum Gasteiger partial charge on any atom is -0.481 e. The number of thiol groups is 1. The summed E-state index contributed by atoms with van der Waals surface area (Å²) >= 11 is 4.14. The third kappa shape index (κ3) is 22.6. The van der Waals surface area contributed by atoms with E-state index in [9.17, 15) is 63.3 Å². The molecule has 10 atom stereocenters. The molecule has 0 saturated heterocycles. The van der Waals surface area contributed by atoms with Gasteiger partial charge in [-0.25, -0.2) is 4.79 Å². The smallest absolute Gasteiger partial charge is 0.328 e. The summed E-state index contributed by atoms with van der Waals surface area (Å²) in [6, 6.07) is -11.5. The van der Waals surface area contributed by atoms with E-state index in [0.717, 1.165) is 0 Å². The molecular formula is C39H70N12O13S. The average Bonchev–Trinajstić information content (AvgIpc) is 3.20. The fraction of sp³-hybridized carbons (Fsp3) is 0.718. The van der Waals surface area contributed by atoms with E-state index in [0.29, 0.717) is 6.42 Å². The number of carboxylic acids is 2. The van der Waals surface area contributed by atoms with Crippen LogP contribution in [0.15, 0.2) is 4.99 Å². The Kier molecular flexibility index (Phi) is 27.0. The predicted octanol–water partition coefficient (Wildman–Crippen LogP) is -4.36. The highest BCUT2D eigenvalue weighted by Gasteiger charge is 2.37. The van der Waals surface area contributed by atoms with Crippen LogP contribution in [-0.2, 0) is 47.9 Å². The first-order chi connectivity index (χ1) is 30.2. The van der Waals surface area contributed by atoms with Crippen molar-refractivity contribution in [3.8, 4) is 0 Å². The maximum Gasteiger partial charge on any atom is 0.328 e. The first kappa shape index (κ1) is 59.2. The van der Waals surface area contributed by atoms with E-state index in [1.165, 1.54) is 6.92 Å². The van der Waals surface area contributed by atoms with Crippen LogP contribution in [0.3, 0.4) is 0 Å². The molecule has 0 aliphatic heterocycles. The van der Waals surface area contributed by atoms with Crippen molar-refractivity contribution in [1.29, 1.82) is 0 Å². The monoisotopic (exact) mass is 946 g/mol. The molecule has 18 N–H and O–H groups in total. The highest BCUT2D eigenvalue weighted by molar-refractivity contribution is 7.80. The van der Waals surface area contributed by atoms with Gasteiger partial charge in [-0.05, 0) is 50.4 Å². The zero-order valence-electron chi connectivity index (χ0n) is 37.9. The Bertz CT molecular complexity index is 1700. The molecule has 0 rings (SSSR count). The number of carboxylic acid groups (broad SMARTS) is 2. The number of carbonyl (C=O) groups is 10. The fourth-order valence-electron chi connectivity index (χ4n) is 5.94. The summed E-state index contributed by atoms with van der Waals surface area (Å²) in [7, 11) is 0. The van der Waals surface area contributed by atoms with Gasteiger partial charge < -0.3 is 75.5 Å². The lowest BCUT2D eigenvalue weighted by Gasteiger charge is -2.30. The van der Waals surface area contributed by atoms with Gasteiger partial charge in [-0.15, -0.1) is 0 Å². The molecule has 0 aliphatic rings. The van der Waals surface area contributed by atoms with E-state index in [4.69, 9.17) is 22.9 Å². The zero-order chi connectivity index (χ0) is 50.3. The summed E-state index contributed by atoms with van der Waals surface area (Å²) in [6.07, 6.45) is -2.44. The second-order valence-electron chi connectivity index (χ2n) is 16.4. The number of carbonyl (C=O) groups excluding carboxylic acids is 8. The zero-order valence-corrected chi connectivity index (χ0v) is 38.8. The van der Waals surface area contributed by atoms with Crippen molar-refractivity contribution in [2.24, 2.45) is 45.7 Å². The minimum atomic E-state index is -1.73. The SMILES string of the molecule is CCC(C)C(NC(=O)C(CS)NC(=O)C(CC(=O)O)NC(=O)C(N)CCC(N)=O)C(=O)NC(CCCN=C(N)N)C(=O)NC(CC(C)C)C(=O)NC(C(=O)NC(C(=O)O)C(C)O)C(C)C. The van der Waals surface area contributed by atoms with Crippen molar-refractivity contribution in [1.82, 2.24) is 37.2 Å². The van der Waals surface area contributed by atoms with Crippen LogP contribution in [0, 0.1) is 17.8 Å². The molecule has 0 aromatic rings. The van der Waals surface area contributed by atoms with E-state index in [-0.39, 0.29) is 56.3 Å². The van der Waals surface area contributed by atoms with Crippen LogP contribution in [0.4, 0.5) is 0 Å². The van der Waals surface area contributed by atoms with Gasteiger partial charge in [-0.2, -0.15) is 12.6 Å². The van der Waals surface area contributed by atoms with E-state index < -0.39 is 132 Å². The van der Waals surface area contributed by atoms with Gasteiger partial charge in [0.25, 0.3) is 0 Å². The highest BCUT2D eigenvalue weighted by Crippen LogP contribution is 2.13. The number of primary amides is 1. The van der Waals surface area contributed by atoms with Gasteiger partial charge in [0, 0.05) is 18.7 Å². The number of amides is 8. The average molecular weight is 947 g/mol. The van der Waals surface area contributed by atoms with E-state index in [2.05, 4.69) is 54.8 Å². The van der Waals surface area contributed by atoms with Crippen LogP contribution in [0.5, 0.6) is 0 Å².